The number of ether oxygens (including phenoxy) is 3. The maximum atomic E-state index is 13.1. The quantitative estimate of drug-likeness (QED) is 0.0745. The van der Waals surface area contributed by atoms with Crippen LogP contribution in [-0.4, -0.2) is 47.2 Å². The molecule has 0 aromatic heterocycles. The zero-order valence-electron chi connectivity index (χ0n) is 19.1. The maximum absolute atomic E-state index is 13.1. The van der Waals surface area contributed by atoms with Gasteiger partial charge in [0.15, 0.2) is 0 Å². The van der Waals surface area contributed by atoms with Gasteiger partial charge in [0.1, 0.15) is 12.5 Å². The van der Waals surface area contributed by atoms with Crippen LogP contribution < -0.4 is 0 Å². The smallest absolute Gasteiger partial charge is 0.354 e. The molecule has 1 amide bonds. The van der Waals surface area contributed by atoms with E-state index in [4.69, 9.17) is 14.2 Å². The van der Waals surface area contributed by atoms with Crippen LogP contribution in [0.4, 0.5) is 5.69 Å². The molecule has 1 aromatic rings. The molecular weight excluding hydrogens is 416 g/mol. The highest BCUT2D eigenvalue weighted by atomic mass is 16.7. The fourth-order valence-electron chi connectivity index (χ4n) is 3.79. The zero-order valence-corrected chi connectivity index (χ0v) is 19.1. The molecule has 1 saturated heterocycles. The first-order valence-corrected chi connectivity index (χ1v) is 10.2. The summed E-state index contributed by atoms with van der Waals surface area (Å²) in [6, 6.07) is 5.75. The number of β-lactam (4-membered cyclic amide) rings is 1. The molecule has 0 spiro atoms. The predicted molar refractivity (Wildman–Crippen MR) is 117 cm³/mol. The topological polar surface area (TPSA) is 108 Å². The van der Waals surface area contributed by atoms with E-state index in [0.29, 0.717) is 12.0 Å². The molecular formula is C23H30N2O7. The van der Waals surface area contributed by atoms with Crippen molar-refractivity contribution in [3.8, 4) is 0 Å². The molecule has 2 rings (SSSR count). The first-order valence-electron chi connectivity index (χ1n) is 10.2. The Labute approximate surface area is 187 Å². The van der Waals surface area contributed by atoms with E-state index in [-0.39, 0.29) is 36.7 Å². The number of allylic oxidation sites excluding steroid dienone is 1. The number of likely N-dealkylation sites (tertiary alicyclic amines) is 1. The number of rotatable bonds is 11. The molecule has 9 nitrogen and oxygen atoms in total. The van der Waals surface area contributed by atoms with Crippen LogP contribution in [0.1, 0.15) is 39.7 Å². The van der Waals surface area contributed by atoms with Crippen LogP contribution in [-0.2, 0) is 30.4 Å². The van der Waals surface area contributed by atoms with Gasteiger partial charge in [-0.15, -0.1) is 6.58 Å². The number of nitro benzene ring substituents is 1. The second-order valence-corrected chi connectivity index (χ2v) is 8.26. The van der Waals surface area contributed by atoms with Crippen LogP contribution >= 0.6 is 0 Å². The third-order valence-corrected chi connectivity index (χ3v) is 5.40. The van der Waals surface area contributed by atoms with E-state index >= 15 is 0 Å². The molecule has 1 aliphatic heterocycles. The normalized spacial score (nSPS) is 18.0. The van der Waals surface area contributed by atoms with Crippen LogP contribution in [0.3, 0.4) is 0 Å². The van der Waals surface area contributed by atoms with Gasteiger partial charge >= 0.3 is 5.97 Å². The minimum Gasteiger partial charge on any atom is -0.464 e. The fourth-order valence-corrected chi connectivity index (χ4v) is 3.79. The van der Waals surface area contributed by atoms with Gasteiger partial charge < -0.3 is 19.1 Å². The second-order valence-electron chi connectivity index (χ2n) is 8.26. The van der Waals surface area contributed by atoms with Crippen molar-refractivity contribution in [2.24, 2.45) is 5.92 Å². The molecule has 2 atom stereocenters. The Bertz CT molecular complexity index is 901. The standard InChI is InChI=1S/C23H30N2O7/c1-7-8-18-19(21(26)24(18)20(15(2)3)22(27)30-6)23(4,5)32-14-31-13-16-9-11-17(12-10-16)25(28)29/h7,9-12,18-19H,1,8,13-14H2,2-6H3/t18-,19+/m1/s1. The van der Waals surface area contributed by atoms with Crippen molar-refractivity contribution in [1.82, 2.24) is 4.90 Å². The molecule has 0 bridgehead atoms. The third kappa shape index (κ3) is 5.41. The number of carbonyl (C=O) groups is 2. The number of esters is 1. The Balaban J connectivity index is 2.03. The predicted octanol–water partition coefficient (Wildman–Crippen LogP) is 3.73. The molecule has 0 radical (unpaired) electrons. The Morgan fingerprint density at radius 3 is 2.41 bits per heavy atom. The summed E-state index contributed by atoms with van der Waals surface area (Å²) in [7, 11) is 1.28. The van der Waals surface area contributed by atoms with Gasteiger partial charge in [-0.3, -0.25) is 14.9 Å². The highest BCUT2D eigenvalue weighted by molar-refractivity contribution is 5.99. The van der Waals surface area contributed by atoms with Crippen molar-refractivity contribution in [1.29, 1.82) is 0 Å². The van der Waals surface area contributed by atoms with Crippen LogP contribution in [0.15, 0.2) is 48.2 Å². The average molecular weight is 447 g/mol. The summed E-state index contributed by atoms with van der Waals surface area (Å²) in [4.78, 5) is 37.1. The van der Waals surface area contributed by atoms with E-state index in [0.717, 1.165) is 5.56 Å². The Kier molecular flexibility index (Phi) is 8.29. The minimum absolute atomic E-state index is 0.00938. The lowest BCUT2D eigenvalue weighted by atomic mass is 9.74. The number of amides is 1. The summed E-state index contributed by atoms with van der Waals surface area (Å²) in [6.45, 7) is 11.0. The van der Waals surface area contributed by atoms with Gasteiger partial charge in [0.05, 0.1) is 36.2 Å². The van der Waals surface area contributed by atoms with E-state index in [2.05, 4.69) is 6.58 Å². The molecule has 0 saturated carbocycles. The summed E-state index contributed by atoms with van der Waals surface area (Å²) in [5.41, 5.74) is 0.835. The van der Waals surface area contributed by atoms with Crippen LogP contribution in [0.2, 0.25) is 0 Å². The van der Waals surface area contributed by atoms with Crippen LogP contribution in [0.25, 0.3) is 0 Å². The molecule has 1 heterocycles. The third-order valence-electron chi connectivity index (χ3n) is 5.40. The van der Waals surface area contributed by atoms with Gasteiger partial charge in [0.25, 0.3) is 5.69 Å². The average Bonchev–Trinajstić information content (AvgIpc) is 2.74. The Morgan fingerprint density at radius 1 is 1.28 bits per heavy atom. The summed E-state index contributed by atoms with van der Waals surface area (Å²) in [6.07, 6.45) is 2.19. The van der Waals surface area contributed by atoms with E-state index in [1.54, 1.807) is 45.9 Å². The number of non-ortho nitro benzene ring substituents is 1. The van der Waals surface area contributed by atoms with Crippen molar-refractivity contribution in [3.05, 3.63) is 63.9 Å². The first-order chi connectivity index (χ1) is 15.0. The second kappa shape index (κ2) is 10.5. The number of benzene rings is 1. The van der Waals surface area contributed by atoms with Crippen LogP contribution in [0.5, 0.6) is 0 Å². The number of carbonyl (C=O) groups excluding carboxylic acids is 2. The molecule has 1 aliphatic rings. The Morgan fingerprint density at radius 2 is 1.91 bits per heavy atom. The van der Waals surface area contributed by atoms with E-state index in [1.165, 1.54) is 24.1 Å². The van der Waals surface area contributed by atoms with Crippen molar-refractivity contribution < 1.29 is 28.7 Å². The zero-order chi connectivity index (χ0) is 24.1. The lowest BCUT2D eigenvalue weighted by Gasteiger charge is -2.53. The van der Waals surface area contributed by atoms with Gasteiger partial charge in [-0.2, -0.15) is 0 Å². The number of nitro groups is 1. The van der Waals surface area contributed by atoms with E-state index in [9.17, 15) is 19.7 Å². The SMILES string of the molecule is C=CC[C@@H]1[C@H](C(C)(C)OCOCc2ccc([N+](=O)[O-])cc2)C(=O)N1C(C(=O)OC)=C(C)C. The highest BCUT2D eigenvalue weighted by Gasteiger charge is 2.56. The monoisotopic (exact) mass is 446 g/mol. The molecule has 0 N–H and O–H groups in total. The van der Waals surface area contributed by atoms with E-state index in [1.807, 2.05) is 0 Å². The molecule has 0 aliphatic carbocycles. The van der Waals surface area contributed by atoms with Crippen molar-refractivity contribution >= 4 is 17.6 Å². The summed E-state index contributed by atoms with van der Waals surface area (Å²) in [5.74, 6) is -1.28. The fraction of sp³-hybridized carbons (Fsp3) is 0.478. The lowest BCUT2D eigenvalue weighted by molar-refractivity contribution is -0.384. The number of methoxy groups -OCH3 is 1. The summed E-state index contributed by atoms with van der Waals surface area (Å²) in [5, 5.41) is 10.7. The van der Waals surface area contributed by atoms with Gasteiger partial charge in [-0.25, -0.2) is 4.79 Å². The maximum Gasteiger partial charge on any atom is 0.354 e. The molecule has 1 fully saturated rings. The molecule has 0 unspecified atom stereocenters. The summed E-state index contributed by atoms with van der Waals surface area (Å²) >= 11 is 0. The summed E-state index contributed by atoms with van der Waals surface area (Å²) < 4.78 is 16.3. The first kappa shape index (κ1) is 25.2. The van der Waals surface area contributed by atoms with Crippen molar-refractivity contribution in [2.75, 3.05) is 13.9 Å². The van der Waals surface area contributed by atoms with Gasteiger partial charge in [-0.05, 0) is 57.4 Å². The molecule has 174 valence electrons. The molecule has 1 aromatic carbocycles. The van der Waals surface area contributed by atoms with Crippen molar-refractivity contribution in [3.63, 3.8) is 0 Å². The minimum atomic E-state index is -0.861. The lowest BCUT2D eigenvalue weighted by Crippen LogP contribution is -2.67. The van der Waals surface area contributed by atoms with Crippen molar-refractivity contribution in [2.45, 2.75) is 52.4 Å². The van der Waals surface area contributed by atoms with E-state index < -0.39 is 22.4 Å². The largest absolute Gasteiger partial charge is 0.464 e. The number of nitrogens with zero attached hydrogens (tertiary/aromatic N) is 2. The molecule has 9 heteroatoms. The Hall–Kier alpha value is -3.04. The number of hydrogen-bond acceptors (Lipinski definition) is 7. The van der Waals surface area contributed by atoms with Gasteiger partial charge in [-0.1, -0.05) is 6.08 Å². The van der Waals surface area contributed by atoms with Gasteiger partial charge in [0.2, 0.25) is 5.91 Å². The highest BCUT2D eigenvalue weighted by Crippen LogP contribution is 2.42. The van der Waals surface area contributed by atoms with Gasteiger partial charge in [0, 0.05) is 12.1 Å². The molecule has 32 heavy (non-hydrogen) atoms. The number of hydrogen-bond donors (Lipinski definition) is 0. The van der Waals surface area contributed by atoms with Crippen LogP contribution in [0, 0.1) is 16.0 Å².